The van der Waals surface area contributed by atoms with E-state index in [4.69, 9.17) is 14.0 Å². The highest BCUT2D eigenvalue weighted by molar-refractivity contribution is 7.92. The Morgan fingerprint density at radius 2 is 1.78 bits per heavy atom. The van der Waals surface area contributed by atoms with Gasteiger partial charge in [0.05, 0.1) is 26.3 Å². The zero-order chi connectivity index (χ0) is 22.6. The lowest BCUT2D eigenvalue weighted by Gasteiger charge is -2.14. The lowest BCUT2D eigenvalue weighted by atomic mass is 10.1. The average Bonchev–Trinajstić information content (AvgIpc) is 3.29. The molecule has 0 aliphatic heterocycles. The van der Waals surface area contributed by atoms with E-state index in [1.165, 1.54) is 20.3 Å². The molecule has 2 aromatic heterocycles. The maximum atomic E-state index is 13.1. The molecule has 0 atom stereocenters. The summed E-state index contributed by atoms with van der Waals surface area (Å²) >= 11 is 0. The molecule has 0 spiro atoms. The number of methoxy groups -OCH3 is 2. The third kappa shape index (κ3) is 4.54. The maximum Gasteiger partial charge on any atom is 0.265 e. The Balaban J connectivity index is 1.62. The molecule has 0 aliphatic rings. The third-order valence-electron chi connectivity index (χ3n) is 4.67. The van der Waals surface area contributed by atoms with Crippen molar-refractivity contribution in [3.05, 3.63) is 78.4 Å². The Morgan fingerprint density at radius 1 is 1.00 bits per heavy atom. The summed E-state index contributed by atoms with van der Waals surface area (Å²) in [4.78, 5) is 8.34. The normalized spacial score (nSPS) is 11.2. The fourth-order valence-corrected chi connectivity index (χ4v) is 4.36. The standard InChI is InChI=1S/C22H20N4O5S/c1-29-17-7-8-19(30-2)20(14-17)32(27,28)26-18-6-4-3-5-16(18)13-21-24-22(25-31-21)15-9-11-23-12-10-15/h3-12,14,26H,13H2,1-2H3. The fourth-order valence-electron chi connectivity index (χ4n) is 3.08. The number of nitrogens with zero attached hydrogens (tertiary/aromatic N) is 3. The second-order valence-electron chi connectivity index (χ2n) is 6.70. The molecule has 0 amide bonds. The quantitative estimate of drug-likeness (QED) is 0.431. The molecule has 0 bridgehead atoms. The van der Waals surface area contributed by atoms with Gasteiger partial charge < -0.3 is 14.0 Å². The van der Waals surface area contributed by atoms with Gasteiger partial charge in [0, 0.05) is 24.0 Å². The van der Waals surface area contributed by atoms with Gasteiger partial charge in [0.15, 0.2) is 0 Å². The first-order chi connectivity index (χ1) is 15.5. The third-order valence-corrected chi connectivity index (χ3v) is 6.06. The second kappa shape index (κ2) is 9.06. The van der Waals surface area contributed by atoms with Crippen LogP contribution in [0.2, 0.25) is 0 Å². The van der Waals surface area contributed by atoms with Crippen LogP contribution < -0.4 is 14.2 Å². The number of nitrogens with one attached hydrogen (secondary N) is 1. The number of anilines is 1. The van der Waals surface area contributed by atoms with Crippen molar-refractivity contribution in [3.63, 3.8) is 0 Å². The van der Waals surface area contributed by atoms with Gasteiger partial charge >= 0.3 is 0 Å². The molecule has 0 radical (unpaired) electrons. The molecule has 0 fully saturated rings. The van der Waals surface area contributed by atoms with Crippen LogP contribution in [0.25, 0.3) is 11.4 Å². The van der Waals surface area contributed by atoms with E-state index in [9.17, 15) is 8.42 Å². The van der Waals surface area contributed by atoms with E-state index in [0.29, 0.717) is 28.7 Å². The lowest BCUT2D eigenvalue weighted by Crippen LogP contribution is -2.15. The van der Waals surface area contributed by atoms with Crippen molar-refractivity contribution in [2.45, 2.75) is 11.3 Å². The molecule has 0 saturated heterocycles. The molecular formula is C22H20N4O5S. The summed E-state index contributed by atoms with van der Waals surface area (Å²) in [7, 11) is -1.10. The SMILES string of the molecule is COc1ccc(OC)c(S(=O)(=O)Nc2ccccc2Cc2nc(-c3ccncc3)no2)c1. The summed E-state index contributed by atoms with van der Waals surface area (Å²) in [5.74, 6) is 1.38. The van der Waals surface area contributed by atoms with Gasteiger partial charge in [0.2, 0.25) is 11.7 Å². The molecule has 4 aromatic rings. The van der Waals surface area contributed by atoms with Crippen molar-refractivity contribution in [2.24, 2.45) is 0 Å². The summed E-state index contributed by atoms with van der Waals surface area (Å²) in [6.07, 6.45) is 3.52. The van der Waals surface area contributed by atoms with Gasteiger partial charge in [-0.15, -0.1) is 0 Å². The van der Waals surface area contributed by atoms with Crippen LogP contribution in [0.3, 0.4) is 0 Å². The van der Waals surface area contributed by atoms with Gasteiger partial charge in [-0.2, -0.15) is 4.98 Å². The van der Waals surface area contributed by atoms with Gasteiger partial charge in [-0.05, 0) is 35.9 Å². The highest BCUT2D eigenvalue weighted by Gasteiger charge is 2.22. The molecule has 10 heteroatoms. The molecule has 2 heterocycles. The Bertz CT molecular complexity index is 1320. The van der Waals surface area contributed by atoms with Crippen molar-refractivity contribution >= 4 is 15.7 Å². The highest BCUT2D eigenvalue weighted by Crippen LogP contribution is 2.31. The molecule has 32 heavy (non-hydrogen) atoms. The fraction of sp³-hybridized carbons (Fsp3) is 0.136. The smallest absolute Gasteiger partial charge is 0.265 e. The topological polar surface area (TPSA) is 116 Å². The van der Waals surface area contributed by atoms with Crippen LogP contribution in [0.5, 0.6) is 11.5 Å². The van der Waals surface area contributed by atoms with Crippen molar-refractivity contribution in [3.8, 4) is 22.9 Å². The molecule has 164 valence electrons. The molecule has 9 nitrogen and oxygen atoms in total. The summed E-state index contributed by atoms with van der Waals surface area (Å²) in [6.45, 7) is 0. The number of sulfonamides is 1. The molecule has 4 rings (SSSR count). The largest absolute Gasteiger partial charge is 0.497 e. The first-order valence-electron chi connectivity index (χ1n) is 9.56. The van der Waals surface area contributed by atoms with Crippen LogP contribution >= 0.6 is 0 Å². The Morgan fingerprint density at radius 3 is 2.53 bits per heavy atom. The number of aromatic nitrogens is 3. The minimum atomic E-state index is -3.97. The molecule has 2 aromatic carbocycles. The second-order valence-corrected chi connectivity index (χ2v) is 8.35. The van der Waals surface area contributed by atoms with E-state index >= 15 is 0 Å². The zero-order valence-electron chi connectivity index (χ0n) is 17.3. The van der Waals surface area contributed by atoms with Crippen LogP contribution in [0, 0.1) is 0 Å². The average molecular weight is 452 g/mol. The number of ether oxygens (including phenoxy) is 2. The summed E-state index contributed by atoms with van der Waals surface area (Å²) < 4.78 is 44.7. The van der Waals surface area contributed by atoms with E-state index < -0.39 is 10.0 Å². The predicted molar refractivity (Wildman–Crippen MR) is 117 cm³/mol. The van der Waals surface area contributed by atoms with Gasteiger partial charge in [-0.25, -0.2) is 8.42 Å². The maximum absolute atomic E-state index is 13.1. The van der Waals surface area contributed by atoms with E-state index in [1.807, 2.05) is 0 Å². The van der Waals surface area contributed by atoms with Gasteiger partial charge in [0.1, 0.15) is 16.4 Å². The van der Waals surface area contributed by atoms with Gasteiger partial charge in [0.25, 0.3) is 10.0 Å². The van der Waals surface area contributed by atoms with Crippen LogP contribution in [0.1, 0.15) is 11.5 Å². The van der Waals surface area contributed by atoms with Gasteiger partial charge in [-0.3, -0.25) is 9.71 Å². The summed E-state index contributed by atoms with van der Waals surface area (Å²) in [5.41, 5.74) is 1.83. The van der Waals surface area contributed by atoms with E-state index in [2.05, 4.69) is 19.8 Å². The van der Waals surface area contributed by atoms with E-state index in [-0.39, 0.29) is 17.1 Å². The Hall–Kier alpha value is -3.92. The first kappa shape index (κ1) is 21.3. The minimum absolute atomic E-state index is 0.0353. The molecule has 1 N–H and O–H groups in total. The van der Waals surface area contributed by atoms with Crippen molar-refractivity contribution < 1.29 is 22.4 Å². The van der Waals surface area contributed by atoms with E-state index in [0.717, 1.165) is 5.56 Å². The highest BCUT2D eigenvalue weighted by atomic mass is 32.2. The van der Waals surface area contributed by atoms with Crippen molar-refractivity contribution in [1.82, 2.24) is 15.1 Å². The number of hydrogen-bond acceptors (Lipinski definition) is 8. The van der Waals surface area contributed by atoms with Crippen LogP contribution in [0.15, 0.2) is 76.4 Å². The van der Waals surface area contributed by atoms with Crippen molar-refractivity contribution in [2.75, 3.05) is 18.9 Å². The molecule has 0 saturated carbocycles. The first-order valence-corrected chi connectivity index (χ1v) is 11.0. The van der Waals surface area contributed by atoms with Crippen LogP contribution in [0.4, 0.5) is 5.69 Å². The number of rotatable bonds is 8. The Labute approximate surface area is 185 Å². The molecule has 0 unspecified atom stereocenters. The lowest BCUT2D eigenvalue weighted by molar-refractivity contribution is 0.386. The van der Waals surface area contributed by atoms with Crippen LogP contribution in [-0.2, 0) is 16.4 Å². The Kier molecular flexibility index (Phi) is 6.04. The number of para-hydroxylation sites is 1. The predicted octanol–water partition coefficient (Wildman–Crippen LogP) is 3.54. The number of benzene rings is 2. The number of hydrogen-bond donors (Lipinski definition) is 1. The molecular weight excluding hydrogens is 432 g/mol. The summed E-state index contributed by atoms with van der Waals surface area (Å²) in [5, 5.41) is 3.99. The monoisotopic (exact) mass is 452 g/mol. The van der Waals surface area contributed by atoms with Crippen molar-refractivity contribution in [1.29, 1.82) is 0 Å². The summed E-state index contributed by atoms with van der Waals surface area (Å²) in [6, 6.07) is 15.1. The van der Waals surface area contributed by atoms with Gasteiger partial charge in [-0.1, -0.05) is 23.4 Å². The molecule has 0 aliphatic carbocycles. The van der Waals surface area contributed by atoms with Crippen LogP contribution in [-0.4, -0.2) is 37.8 Å². The van der Waals surface area contributed by atoms with E-state index in [1.54, 1.807) is 60.9 Å². The number of pyridine rings is 1. The zero-order valence-corrected chi connectivity index (χ0v) is 18.2. The minimum Gasteiger partial charge on any atom is -0.497 e.